The van der Waals surface area contributed by atoms with Crippen LogP contribution in [0.1, 0.15) is 5.69 Å². The highest BCUT2D eigenvalue weighted by atomic mass is 16.5. The van der Waals surface area contributed by atoms with Crippen molar-refractivity contribution in [2.45, 2.75) is 6.54 Å². The van der Waals surface area contributed by atoms with Crippen molar-refractivity contribution in [3.05, 3.63) is 42.2 Å². The number of nitrogen functional groups attached to an aromatic ring is 1. The zero-order chi connectivity index (χ0) is 12.1. The Morgan fingerprint density at radius 2 is 2.18 bits per heavy atom. The van der Waals surface area contributed by atoms with Gasteiger partial charge in [-0.25, -0.2) is 0 Å². The number of hydrogen-bond acceptors (Lipinski definition) is 5. The van der Waals surface area contributed by atoms with Crippen LogP contribution in [0.4, 0.5) is 11.4 Å². The molecule has 0 saturated heterocycles. The van der Waals surface area contributed by atoms with E-state index in [1.54, 1.807) is 13.3 Å². The van der Waals surface area contributed by atoms with Crippen LogP contribution >= 0.6 is 0 Å². The van der Waals surface area contributed by atoms with Crippen LogP contribution in [0, 0.1) is 0 Å². The Hall–Kier alpha value is -2.30. The fourth-order valence-corrected chi connectivity index (χ4v) is 1.49. The van der Waals surface area contributed by atoms with Crippen LogP contribution in [0.5, 0.6) is 5.75 Å². The molecule has 0 bridgehead atoms. The Kier molecular flexibility index (Phi) is 3.40. The molecule has 1 heterocycles. The number of ether oxygens (including phenoxy) is 1. The molecule has 0 unspecified atom stereocenters. The molecule has 2 aromatic rings. The number of para-hydroxylation sites is 1. The van der Waals surface area contributed by atoms with E-state index < -0.39 is 0 Å². The summed E-state index contributed by atoms with van der Waals surface area (Å²) in [5.41, 5.74) is 8.22. The van der Waals surface area contributed by atoms with Crippen molar-refractivity contribution in [1.82, 2.24) is 10.2 Å². The lowest BCUT2D eigenvalue weighted by Gasteiger charge is -2.11. The lowest BCUT2D eigenvalue weighted by Crippen LogP contribution is -2.05. The molecule has 0 saturated carbocycles. The molecule has 0 radical (unpaired) electrons. The molecule has 1 aromatic carbocycles. The van der Waals surface area contributed by atoms with Crippen LogP contribution in [0.2, 0.25) is 0 Å². The van der Waals surface area contributed by atoms with Crippen LogP contribution < -0.4 is 15.8 Å². The Bertz CT molecular complexity index is 487. The van der Waals surface area contributed by atoms with Crippen LogP contribution in [0.3, 0.4) is 0 Å². The molecule has 0 aliphatic heterocycles. The van der Waals surface area contributed by atoms with Gasteiger partial charge in [-0.05, 0) is 24.3 Å². The summed E-state index contributed by atoms with van der Waals surface area (Å²) in [6, 6.07) is 9.35. The van der Waals surface area contributed by atoms with E-state index in [1.807, 2.05) is 30.3 Å². The van der Waals surface area contributed by atoms with E-state index in [2.05, 4.69) is 15.5 Å². The second kappa shape index (κ2) is 5.16. The van der Waals surface area contributed by atoms with Crippen LogP contribution in [0.25, 0.3) is 0 Å². The number of rotatable bonds is 4. The zero-order valence-electron chi connectivity index (χ0n) is 9.55. The molecule has 3 N–H and O–H groups in total. The maximum absolute atomic E-state index is 5.93. The summed E-state index contributed by atoms with van der Waals surface area (Å²) >= 11 is 0. The summed E-state index contributed by atoms with van der Waals surface area (Å²) in [6.45, 7) is 0.575. The van der Waals surface area contributed by atoms with Gasteiger partial charge in [-0.1, -0.05) is 6.07 Å². The maximum atomic E-state index is 5.93. The second-order valence-electron chi connectivity index (χ2n) is 3.49. The topological polar surface area (TPSA) is 73.1 Å². The molecule has 0 aliphatic carbocycles. The Morgan fingerprint density at radius 3 is 2.88 bits per heavy atom. The van der Waals surface area contributed by atoms with Gasteiger partial charge in [-0.3, -0.25) is 0 Å². The average molecular weight is 230 g/mol. The minimum atomic E-state index is 0.575. The highest BCUT2D eigenvalue weighted by Gasteiger charge is 2.04. The number of aromatic nitrogens is 2. The first kappa shape index (κ1) is 11.2. The summed E-state index contributed by atoms with van der Waals surface area (Å²) < 4.78 is 5.14. The lowest BCUT2D eigenvalue weighted by atomic mass is 10.2. The van der Waals surface area contributed by atoms with Gasteiger partial charge < -0.3 is 15.8 Å². The molecule has 2 rings (SSSR count). The van der Waals surface area contributed by atoms with Gasteiger partial charge in [-0.15, -0.1) is 0 Å². The molecule has 0 aliphatic rings. The minimum absolute atomic E-state index is 0.575. The number of anilines is 2. The fraction of sp³-hybridized carbons (Fsp3) is 0.167. The predicted octanol–water partition coefficient (Wildman–Crippen LogP) is 1.68. The van der Waals surface area contributed by atoms with Gasteiger partial charge in [0.15, 0.2) is 0 Å². The molecule has 5 heteroatoms. The summed E-state index contributed by atoms with van der Waals surface area (Å²) in [5, 5.41) is 11.0. The van der Waals surface area contributed by atoms with Gasteiger partial charge in [0.2, 0.25) is 0 Å². The molecule has 1 aromatic heterocycles. The van der Waals surface area contributed by atoms with Gasteiger partial charge >= 0.3 is 0 Å². The lowest BCUT2D eigenvalue weighted by molar-refractivity contribution is 0.417. The van der Waals surface area contributed by atoms with Gasteiger partial charge in [-0.2, -0.15) is 10.2 Å². The second-order valence-corrected chi connectivity index (χ2v) is 3.49. The highest BCUT2D eigenvalue weighted by molar-refractivity contribution is 5.72. The molecule has 0 amide bonds. The van der Waals surface area contributed by atoms with E-state index in [-0.39, 0.29) is 0 Å². The van der Waals surface area contributed by atoms with Gasteiger partial charge in [0.25, 0.3) is 0 Å². The molecular weight excluding hydrogens is 216 g/mol. The maximum Gasteiger partial charge on any atom is 0.143 e. The first-order valence-electron chi connectivity index (χ1n) is 5.24. The summed E-state index contributed by atoms with van der Waals surface area (Å²) in [7, 11) is 1.60. The van der Waals surface area contributed by atoms with E-state index in [9.17, 15) is 0 Å². The third-order valence-corrected chi connectivity index (χ3v) is 2.37. The fourth-order valence-electron chi connectivity index (χ4n) is 1.49. The first-order valence-corrected chi connectivity index (χ1v) is 5.24. The molecular formula is C12H14N4O. The SMILES string of the molecule is COc1cccc(NCc2cccnn2)c1N. The zero-order valence-corrected chi connectivity index (χ0v) is 9.55. The van der Waals surface area contributed by atoms with Crippen molar-refractivity contribution < 1.29 is 4.74 Å². The molecule has 0 spiro atoms. The van der Waals surface area contributed by atoms with E-state index in [1.165, 1.54) is 0 Å². The summed E-state index contributed by atoms with van der Waals surface area (Å²) in [5.74, 6) is 0.661. The smallest absolute Gasteiger partial charge is 0.143 e. The number of nitrogens with two attached hydrogens (primary N) is 1. The normalized spacial score (nSPS) is 9.94. The number of benzene rings is 1. The van der Waals surface area contributed by atoms with Gasteiger partial charge in [0.05, 0.1) is 30.7 Å². The molecule has 0 atom stereocenters. The Balaban J connectivity index is 2.09. The average Bonchev–Trinajstić information content (AvgIpc) is 2.39. The monoisotopic (exact) mass is 230 g/mol. The van der Waals surface area contributed by atoms with Crippen molar-refractivity contribution in [1.29, 1.82) is 0 Å². The quantitative estimate of drug-likeness (QED) is 0.782. The largest absolute Gasteiger partial charge is 0.495 e. The van der Waals surface area contributed by atoms with Crippen molar-refractivity contribution in [3.63, 3.8) is 0 Å². The Morgan fingerprint density at radius 1 is 1.29 bits per heavy atom. The van der Waals surface area contributed by atoms with Crippen LogP contribution in [0.15, 0.2) is 36.5 Å². The molecule has 0 fully saturated rings. The third-order valence-electron chi connectivity index (χ3n) is 2.37. The van der Waals surface area contributed by atoms with Crippen LogP contribution in [-0.2, 0) is 6.54 Å². The number of methoxy groups -OCH3 is 1. The molecule has 17 heavy (non-hydrogen) atoms. The van der Waals surface area contributed by atoms with Gasteiger partial charge in [0.1, 0.15) is 5.75 Å². The van der Waals surface area contributed by atoms with Crippen LogP contribution in [-0.4, -0.2) is 17.3 Å². The van der Waals surface area contributed by atoms with Crippen molar-refractivity contribution in [2.24, 2.45) is 0 Å². The number of nitrogens with one attached hydrogen (secondary N) is 1. The molecule has 5 nitrogen and oxygen atoms in total. The van der Waals surface area contributed by atoms with E-state index >= 15 is 0 Å². The summed E-state index contributed by atoms with van der Waals surface area (Å²) in [4.78, 5) is 0. The van der Waals surface area contributed by atoms with E-state index in [0.717, 1.165) is 11.4 Å². The van der Waals surface area contributed by atoms with Gasteiger partial charge in [0, 0.05) is 6.20 Å². The standard InChI is InChI=1S/C12H14N4O/c1-17-11-6-2-5-10(12(11)13)14-8-9-4-3-7-15-16-9/h2-7,14H,8,13H2,1H3. The van der Waals surface area contributed by atoms with E-state index in [4.69, 9.17) is 10.5 Å². The third kappa shape index (κ3) is 2.63. The first-order chi connectivity index (χ1) is 8.31. The van der Waals surface area contributed by atoms with E-state index in [0.29, 0.717) is 18.0 Å². The molecule has 88 valence electrons. The minimum Gasteiger partial charge on any atom is -0.495 e. The predicted molar refractivity (Wildman–Crippen MR) is 66.8 cm³/mol. The Labute approximate surface area is 99.6 Å². The highest BCUT2D eigenvalue weighted by Crippen LogP contribution is 2.28. The van der Waals surface area contributed by atoms with Crippen molar-refractivity contribution >= 4 is 11.4 Å². The van der Waals surface area contributed by atoms with Crippen molar-refractivity contribution in [2.75, 3.05) is 18.2 Å². The van der Waals surface area contributed by atoms with Crippen molar-refractivity contribution in [3.8, 4) is 5.75 Å². The number of nitrogens with zero attached hydrogens (tertiary/aromatic N) is 2. The summed E-state index contributed by atoms with van der Waals surface area (Å²) in [6.07, 6.45) is 1.64. The number of hydrogen-bond donors (Lipinski definition) is 2.